The van der Waals surface area contributed by atoms with E-state index in [9.17, 15) is 9.59 Å². The summed E-state index contributed by atoms with van der Waals surface area (Å²) in [5.41, 5.74) is 1.25. The second-order valence-corrected chi connectivity index (χ2v) is 5.94. The van der Waals surface area contributed by atoms with E-state index in [0.717, 1.165) is 18.6 Å². The molecule has 0 fully saturated rings. The summed E-state index contributed by atoms with van der Waals surface area (Å²) >= 11 is 0. The predicted octanol–water partition coefficient (Wildman–Crippen LogP) is 3.47. The molecule has 0 N–H and O–H groups in total. The first-order valence-electron chi connectivity index (χ1n) is 8.41. The second-order valence-electron chi connectivity index (χ2n) is 5.94. The van der Waals surface area contributed by atoms with Crippen molar-refractivity contribution in [3.05, 3.63) is 54.1 Å². The summed E-state index contributed by atoms with van der Waals surface area (Å²) in [5, 5.41) is 0. The number of rotatable bonds is 7. The van der Waals surface area contributed by atoms with Crippen LogP contribution < -0.4 is 14.4 Å². The Morgan fingerprint density at radius 2 is 1.96 bits per heavy atom. The molecule has 1 aliphatic rings. The van der Waals surface area contributed by atoms with E-state index >= 15 is 0 Å². The topological polar surface area (TPSA) is 55.8 Å². The van der Waals surface area contributed by atoms with Crippen molar-refractivity contribution < 1.29 is 19.1 Å². The third kappa shape index (κ3) is 4.18. The Morgan fingerprint density at radius 3 is 2.72 bits per heavy atom. The molecule has 0 saturated heterocycles. The number of unbranched alkanes of at least 4 members (excludes halogenated alkanes) is 1. The Bertz CT molecular complexity index is 758. The molecule has 0 bridgehead atoms. The Hall–Kier alpha value is -2.82. The minimum atomic E-state index is -0.0859. The average Bonchev–Trinajstić information content (AvgIpc) is 2.63. The van der Waals surface area contributed by atoms with Gasteiger partial charge in [0.1, 0.15) is 11.5 Å². The van der Waals surface area contributed by atoms with Crippen LogP contribution in [0.4, 0.5) is 5.69 Å². The molecule has 0 aromatic heterocycles. The molecule has 0 unspecified atom stereocenters. The van der Waals surface area contributed by atoms with Crippen LogP contribution in [0.15, 0.2) is 48.5 Å². The lowest BCUT2D eigenvalue weighted by atomic mass is 10.1. The molecule has 5 nitrogen and oxygen atoms in total. The van der Waals surface area contributed by atoms with E-state index < -0.39 is 0 Å². The number of hydrogen-bond donors (Lipinski definition) is 0. The maximum Gasteiger partial charge on any atom is 0.265 e. The molecule has 0 radical (unpaired) electrons. The standard InChI is InChI=1S/C20H21NO4/c1-15(22)16-9-10-19-18(13-16)21(20(23)14-25-19)11-5-6-12-24-17-7-3-2-4-8-17/h2-4,7-10,13H,5-6,11-12,14H2,1H3. The molecule has 0 atom stereocenters. The molecular weight excluding hydrogens is 318 g/mol. The highest BCUT2D eigenvalue weighted by Crippen LogP contribution is 2.33. The van der Waals surface area contributed by atoms with Crippen molar-refractivity contribution in [1.29, 1.82) is 0 Å². The van der Waals surface area contributed by atoms with Crippen LogP contribution >= 0.6 is 0 Å². The molecule has 2 aromatic rings. The average molecular weight is 339 g/mol. The summed E-state index contributed by atoms with van der Waals surface area (Å²) in [6.45, 7) is 2.73. The first kappa shape index (κ1) is 17.0. The quantitative estimate of drug-likeness (QED) is 0.572. The lowest BCUT2D eigenvalue weighted by molar-refractivity contribution is -0.121. The van der Waals surface area contributed by atoms with Crippen molar-refractivity contribution in [2.24, 2.45) is 0 Å². The highest BCUT2D eigenvalue weighted by Gasteiger charge is 2.25. The van der Waals surface area contributed by atoms with Crippen LogP contribution in [-0.2, 0) is 4.79 Å². The lowest BCUT2D eigenvalue weighted by Crippen LogP contribution is -2.39. The van der Waals surface area contributed by atoms with Crippen molar-refractivity contribution >= 4 is 17.4 Å². The number of nitrogens with zero attached hydrogens (tertiary/aromatic N) is 1. The molecule has 1 heterocycles. The van der Waals surface area contributed by atoms with Crippen LogP contribution in [0, 0.1) is 0 Å². The number of para-hydroxylation sites is 1. The number of carbonyl (C=O) groups excluding carboxylic acids is 2. The Morgan fingerprint density at radius 1 is 1.16 bits per heavy atom. The molecule has 2 aromatic carbocycles. The van der Waals surface area contributed by atoms with E-state index in [2.05, 4.69) is 0 Å². The molecule has 0 aliphatic carbocycles. The van der Waals surface area contributed by atoms with Gasteiger partial charge in [0.15, 0.2) is 12.4 Å². The van der Waals surface area contributed by atoms with Gasteiger partial charge in [0.25, 0.3) is 5.91 Å². The Labute approximate surface area is 147 Å². The molecule has 130 valence electrons. The molecule has 1 aliphatic heterocycles. The summed E-state index contributed by atoms with van der Waals surface area (Å²) < 4.78 is 11.1. The number of Topliss-reactive ketones (excluding diaryl/α,β-unsaturated/α-hetero) is 1. The van der Waals surface area contributed by atoms with Gasteiger partial charge in [-0.3, -0.25) is 9.59 Å². The minimum Gasteiger partial charge on any atom is -0.494 e. The lowest BCUT2D eigenvalue weighted by Gasteiger charge is -2.29. The summed E-state index contributed by atoms with van der Waals surface area (Å²) in [4.78, 5) is 25.5. The van der Waals surface area contributed by atoms with Crippen molar-refractivity contribution in [1.82, 2.24) is 0 Å². The van der Waals surface area contributed by atoms with Crippen molar-refractivity contribution in [3.63, 3.8) is 0 Å². The fourth-order valence-corrected chi connectivity index (χ4v) is 2.74. The van der Waals surface area contributed by atoms with Gasteiger partial charge in [0, 0.05) is 12.1 Å². The number of anilines is 1. The number of carbonyl (C=O) groups is 2. The summed E-state index contributed by atoms with van der Waals surface area (Å²) in [5.74, 6) is 1.38. The summed E-state index contributed by atoms with van der Waals surface area (Å²) in [6, 6.07) is 14.9. The molecule has 1 amide bonds. The Kier molecular flexibility index (Phi) is 5.33. The highest BCUT2D eigenvalue weighted by atomic mass is 16.5. The smallest absolute Gasteiger partial charge is 0.265 e. The highest BCUT2D eigenvalue weighted by molar-refractivity contribution is 6.01. The van der Waals surface area contributed by atoms with Crippen molar-refractivity contribution in [3.8, 4) is 11.5 Å². The van der Waals surface area contributed by atoms with Gasteiger partial charge in [-0.1, -0.05) is 18.2 Å². The van der Waals surface area contributed by atoms with E-state index in [1.807, 2.05) is 30.3 Å². The first-order chi connectivity index (χ1) is 12.1. The molecule has 5 heteroatoms. The van der Waals surface area contributed by atoms with Gasteiger partial charge in [0.05, 0.1) is 12.3 Å². The fraction of sp³-hybridized carbons (Fsp3) is 0.300. The zero-order valence-corrected chi connectivity index (χ0v) is 14.2. The maximum absolute atomic E-state index is 12.2. The number of fused-ring (bicyclic) bond motifs is 1. The maximum atomic E-state index is 12.2. The normalized spacial score (nSPS) is 13.2. The van der Waals surface area contributed by atoms with Crippen molar-refractivity contribution in [2.75, 3.05) is 24.7 Å². The molecule has 25 heavy (non-hydrogen) atoms. The summed E-state index contributed by atoms with van der Waals surface area (Å²) in [7, 11) is 0. The van der Waals surface area contributed by atoms with Crippen LogP contribution in [0.2, 0.25) is 0 Å². The van der Waals surface area contributed by atoms with Gasteiger partial charge >= 0.3 is 0 Å². The van der Waals surface area contributed by atoms with Crippen LogP contribution in [-0.4, -0.2) is 31.4 Å². The van der Waals surface area contributed by atoms with Crippen LogP contribution in [0.1, 0.15) is 30.1 Å². The Balaban J connectivity index is 1.58. The van der Waals surface area contributed by atoms with E-state index in [0.29, 0.717) is 30.2 Å². The second kappa shape index (κ2) is 7.83. The number of ether oxygens (including phenoxy) is 2. The van der Waals surface area contributed by atoms with Gasteiger partial charge in [-0.25, -0.2) is 0 Å². The number of benzene rings is 2. The number of hydrogen-bond acceptors (Lipinski definition) is 4. The van der Waals surface area contributed by atoms with Crippen LogP contribution in [0.5, 0.6) is 11.5 Å². The van der Waals surface area contributed by atoms with Gasteiger partial charge < -0.3 is 14.4 Å². The van der Waals surface area contributed by atoms with Crippen LogP contribution in [0.3, 0.4) is 0 Å². The predicted molar refractivity (Wildman–Crippen MR) is 95.5 cm³/mol. The molecular formula is C20H21NO4. The van der Waals surface area contributed by atoms with Gasteiger partial charge in [0.2, 0.25) is 0 Å². The molecule has 0 saturated carbocycles. The number of amides is 1. The molecule has 0 spiro atoms. The first-order valence-corrected chi connectivity index (χ1v) is 8.41. The van der Waals surface area contributed by atoms with Crippen molar-refractivity contribution in [2.45, 2.75) is 19.8 Å². The van der Waals surface area contributed by atoms with Gasteiger partial charge in [-0.05, 0) is 50.1 Å². The monoisotopic (exact) mass is 339 g/mol. The largest absolute Gasteiger partial charge is 0.494 e. The number of ketones is 1. The minimum absolute atomic E-state index is 0.0305. The van der Waals surface area contributed by atoms with Crippen LogP contribution in [0.25, 0.3) is 0 Å². The van der Waals surface area contributed by atoms with E-state index in [4.69, 9.17) is 9.47 Å². The van der Waals surface area contributed by atoms with E-state index in [1.165, 1.54) is 6.92 Å². The third-order valence-corrected chi connectivity index (χ3v) is 4.10. The zero-order chi connectivity index (χ0) is 17.6. The van der Waals surface area contributed by atoms with E-state index in [-0.39, 0.29) is 18.3 Å². The fourth-order valence-electron chi connectivity index (χ4n) is 2.74. The summed E-state index contributed by atoms with van der Waals surface area (Å²) in [6.07, 6.45) is 1.64. The van der Waals surface area contributed by atoms with Gasteiger partial charge in [-0.15, -0.1) is 0 Å². The van der Waals surface area contributed by atoms with E-state index in [1.54, 1.807) is 23.1 Å². The molecule has 3 rings (SSSR count). The zero-order valence-electron chi connectivity index (χ0n) is 14.2. The van der Waals surface area contributed by atoms with Gasteiger partial charge in [-0.2, -0.15) is 0 Å². The third-order valence-electron chi connectivity index (χ3n) is 4.10. The SMILES string of the molecule is CC(=O)c1ccc2c(c1)N(CCCCOc1ccccc1)C(=O)CO2.